The monoisotopic (exact) mass is 439 g/mol. The molecule has 0 aliphatic heterocycles. The van der Waals surface area contributed by atoms with E-state index in [1.165, 1.54) is 6.07 Å². The van der Waals surface area contributed by atoms with E-state index < -0.39 is 5.63 Å². The van der Waals surface area contributed by atoms with Gasteiger partial charge in [0.2, 0.25) is 0 Å². The lowest BCUT2D eigenvalue weighted by atomic mass is 10.1. The van der Waals surface area contributed by atoms with Crippen LogP contribution in [0.5, 0.6) is 17.2 Å². The second-order valence-corrected chi connectivity index (χ2v) is 7.46. The van der Waals surface area contributed by atoms with Crippen molar-refractivity contribution >= 4 is 16.9 Å². The van der Waals surface area contributed by atoms with Gasteiger partial charge >= 0.3 is 5.63 Å². The largest absolute Gasteiger partial charge is 0.491 e. The Hall–Kier alpha value is -3.48. The smallest absolute Gasteiger partial charge is 0.337 e. The predicted molar refractivity (Wildman–Crippen MR) is 123 cm³/mol. The lowest BCUT2D eigenvalue weighted by Crippen LogP contribution is -2.26. The Morgan fingerprint density at radius 2 is 1.75 bits per heavy atom. The molecule has 1 amide bonds. The summed E-state index contributed by atoms with van der Waals surface area (Å²) < 4.78 is 22.2. The summed E-state index contributed by atoms with van der Waals surface area (Å²) in [5.74, 6) is 1.62. The van der Waals surface area contributed by atoms with E-state index in [0.717, 1.165) is 5.56 Å². The van der Waals surface area contributed by atoms with Gasteiger partial charge in [-0.25, -0.2) is 4.79 Å². The maximum atomic E-state index is 12.8. The van der Waals surface area contributed by atoms with Gasteiger partial charge in [-0.3, -0.25) is 4.79 Å². The molecule has 0 aliphatic rings. The Kier molecular flexibility index (Phi) is 7.76. The molecule has 170 valence electrons. The normalized spacial score (nSPS) is 10.9. The molecule has 32 heavy (non-hydrogen) atoms. The molecule has 0 aliphatic carbocycles. The van der Waals surface area contributed by atoms with Gasteiger partial charge in [0.25, 0.3) is 5.91 Å². The third-order valence-corrected chi connectivity index (χ3v) is 4.64. The Morgan fingerprint density at radius 1 is 1.00 bits per heavy atom. The lowest BCUT2D eigenvalue weighted by molar-refractivity contribution is 0.0955. The fraction of sp³-hybridized carbons (Fsp3) is 0.360. The molecule has 0 bridgehead atoms. The van der Waals surface area contributed by atoms with Crippen LogP contribution < -0.4 is 25.2 Å². The molecule has 0 atom stereocenters. The number of hydrogen-bond donors (Lipinski definition) is 1. The second-order valence-electron chi connectivity index (χ2n) is 7.46. The average molecular weight is 440 g/mol. The molecule has 1 N–H and O–H groups in total. The molecule has 0 unspecified atom stereocenters. The standard InChI is InChI=1S/C25H29NO6/c1-5-29-21-10-7-17(13-23(21)30-6-2)11-12-26-25(28)20-15-24(27)32-22-14-18(31-16(3)4)8-9-19(20)22/h7-10,13-16H,5-6,11-12H2,1-4H3,(H,26,28). The van der Waals surface area contributed by atoms with Crippen molar-refractivity contribution in [2.45, 2.75) is 40.2 Å². The summed E-state index contributed by atoms with van der Waals surface area (Å²) in [6, 6.07) is 12.1. The zero-order valence-corrected chi connectivity index (χ0v) is 18.9. The number of benzene rings is 2. The van der Waals surface area contributed by atoms with E-state index in [1.54, 1.807) is 18.2 Å². The van der Waals surface area contributed by atoms with Gasteiger partial charge in [-0.15, -0.1) is 0 Å². The Morgan fingerprint density at radius 3 is 2.47 bits per heavy atom. The summed E-state index contributed by atoms with van der Waals surface area (Å²) in [4.78, 5) is 24.8. The van der Waals surface area contributed by atoms with Gasteiger partial charge in [0.05, 0.1) is 24.9 Å². The van der Waals surface area contributed by atoms with Gasteiger partial charge in [0.1, 0.15) is 11.3 Å². The molecule has 3 aromatic rings. The Bertz CT molecular complexity index is 1130. The fourth-order valence-electron chi connectivity index (χ4n) is 3.34. The third-order valence-electron chi connectivity index (χ3n) is 4.64. The topological polar surface area (TPSA) is 87.0 Å². The number of nitrogens with one attached hydrogen (secondary N) is 1. The van der Waals surface area contributed by atoms with Gasteiger partial charge < -0.3 is 23.9 Å². The highest BCUT2D eigenvalue weighted by molar-refractivity contribution is 6.05. The number of hydrogen-bond acceptors (Lipinski definition) is 6. The minimum absolute atomic E-state index is 0.0171. The van der Waals surface area contributed by atoms with Crippen molar-refractivity contribution in [3.63, 3.8) is 0 Å². The summed E-state index contributed by atoms with van der Waals surface area (Å²) in [5, 5.41) is 3.44. The van der Waals surface area contributed by atoms with Crippen molar-refractivity contribution < 1.29 is 23.4 Å². The van der Waals surface area contributed by atoms with Gasteiger partial charge in [-0.1, -0.05) is 6.07 Å². The summed E-state index contributed by atoms with van der Waals surface area (Å²) in [7, 11) is 0. The quantitative estimate of drug-likeness (QED) is 0.473. The van der Waals surface area contributed by atoms with Crippen molar-refractivity contribution in [1.29, 1.82) is 0 Å². The van der Waals surface area contributed by atoms with E-state index in [9.17, 15) is 9.59 Å². The zero-order valence-electron chi connectivity index (χ0n) is 18.9. The van der Waals surface area contributed by atoms with E-state index in [0.29, 0.717) is 54.4 Å². The van der Waals surface area contributed by atoms with Crippen LogP contribution in [0.4, 0.5) is 0 Å². The van der Waals surface area contributed by atoms with E-state index in [1.807, 2.05) is 45.9 Å². The van der Waals surface area contributed by atoms with Crippen LogP contribution in [0.1, 0.15) is 43.6 Å². The van der Waals surface area contributed by atoms with Gasteiger partial charge in [-0.05, 0) is 63.9 Å². The number of amides is 1. The number of carbonyl (C=O) groups is 1. The summed E-state index contributed by atoms with van der Waals surface area (Å²) >= 11 is 0. The Balaban J connectivity index is 1.72. The van der Waals surface area contributed by atoms with Crippen LogP contribution in [0.15, 0.2) is 51.7 Å². The average Bonchev–Trinajstić information content (AvgIpc) is 2.74. The van der Waals surface area contributed by atoms with Crippen LogP contribution in [0.3, 0.4) is 0 Å². The maximum Gasteiger partial charge on any atom is 0.337 e. The molecular weight excluding hydrogens is 410 g/mol. The van der Waals surface area contributed by atoms with Crippen LogP contribution in [-0.4, -0.2) is 31.8 Å². The Labute approximate surface area is 187 Å². The molecule has 0 fully saturated rings. The molecule has 1 aromatic heterocycles. The molecule has 7 nitrogen and oxygen atoms in total. The van der Waals surface area contributed by atoms with Gasteiger partial charge in [-0.2, -0.15) is 0 Å². The van der Waals surface area contributed by atoms with Crippen molar-refractivity contribution in [3.8, 4) is 17.2 Å². The molecule has 0 spiro atoms. The number of rotatable bonds is 10. The van der Waals surface area contributed by atoms with E-state index in [4.69, 9.17) is 18.6 Å². The summed E-state index contributed by atoms with van der Waals surface area (Å²) in [5.41, 5.74) is 1.00. The highest BCUT2D eigenvalue weighted by Gasteiger charge is 2.14. The number of carbonyl (C=O) groups excluding carboxylic acids is 1. The molecule has 0 saturated carbocycles. The van der Waals surface area contributed by atoms with Crippen molar-refractivity contribution in [2.75, 3.05) is 19.8 Å². The van der Waals surface area contributed by atoms with Crippen LogP contribution in [0.25, 0.3) is 11.0 Å². The first-order chi connectivity index (χ1) is 15.4. The van der Waals surface area contributed by atoms with Gasteiger partial charge in [0, 0.05) is 24.1 Å². The zero-order chi connectivity index (χ0) is 23.1. The lowest BCUT2D eigenvalue weighted by Gasteiger charge is -2.13. The third kappa shape index (κ3) is 5.81. The summed E-state index contributed by atoms with van der Waals surface area (Å²) in [6.07, 6.45) is 0.584. The molecule has 2 aromatic carbocycles. The molecule has 0 saturated heterocycles. The highest BCUT2D eigenvalue weighted by atomic mass is 16.5. The molecule has 7 heteroatoms. The van der Waals surface area contributed by atoms with E-state index in [2.05, 4.69) is 5.32 Å². The highest BCUT2D eigenvalue weighted by Crippen LogP contribution is 2.28. The number of fused-ring (bicyclic) bond motifs is 1. The minimum Gasteiger partial charge on any atom is -0.491 e. The van der Waals surface area contributed by atoms with Crippen LogP contribution in [-0.2, 0) is 6.42 Å². The maximum absolute atomic E-state index is 12.8. The first-order valence-corrected chi connectivity index (χ1v) is 10.8. The van der Waals surface area contributed by atoms with E-state index >= 15 is 0 Å². The van der Waals surface area contributed by atoms with Crippen LogP contribution in [0, 0.1) is 0 Å². The van der Waals surface area contributed by atoms with E-state index in [-0.39, 0.29) is 17.6 Å². The van der Waals surface area contributed by atoms with Crippen molar-refractivity contribution in [1.82, 2.24) is 5.32 Å². The first kappa shape index (κ1) is 23.2. The molecule has 3 rings (SSSR count). The van der Waals surface area contributed by atoms with Crippen LogP contribution in [0.2, 0.25) is 0 Å². The predicted octanol–water partition coefficient (Wildman–Crippen LogP) is 4.35. The SMILES string of the molecule is CCOc1ccc(CCNC(=O)c2cc(=O)oc3cc(OC(C)C)ccc23)cc1OCC. The molecular formula is C25H29NO6. The van der Waals surface area contributed by atoms with Crippen molar-refractivity contribution in [3.05, 3.63) is 64.0 Å². The van der Waals surface area contributed by atoms with Gasteiger partial charge in [0.15, 0.2) is 11.5 Å². The molecule has 0 radical (unpaired) electrons. The minimum atomic E-state index is -0.586. The summed E-state index contributed by atoms with van der Waals surface area (Å²) in [6.45, 7) is 9.15. The van der Waals surface area contributed by atoms with Crippen molar-refractivity contribution in [2.24, 2.45) is 0 Å². The first-order valence-electron chi connectivity index (χ1n) is 10.8. The number of ether oxygens (including phenoxy) is 3. The van der Waals surface area contributed by atoms with Crippen LogP contribution >= 0.6 is 0 Å². The fourth-order valence-corrected chi connectivity index (χ4v) is 3.34. The molecule has 1 heterocycles. The second kappa shape index (κ2) is 10.7.